The lowest BCUT2D eigenvalue weighted by atomic mass is 10.1. The normalized spacial score (nSPS) is 10.9. The van der Waals surface area contributed by atoms with Gasteiger partial charge in [-0.2, -0.15) is 0 Å². The Kier molecular flexibility index (Phi) is 5.20. The van der Waals surface area contributed by atoms with Crippen LogP contribution >= 0.6 is 0 Å². The van der Waals surface area contributed by atoms with Gasteiger partial charge in [0, 0.05) is 0 Å². The number of aromatic carboxylic acids is 1. The molecule has 0 saturated heterocycles. The van der Waals surface area contributed by atoms with Gasteiger partial charge in [0.15, 0.2) is 0 Å². The molecular formula is C16H16N2O5S. The number of nitrogens with one attached hydrogen (secondary N) is 2. The van der Waals surface area contributed by atoms with Crippen molar-refractivity contribution in [2.45, 2.75) is 6.42 Å². The first kappa shape index (κ1) is 17.5. The average molecular weight is 348 g/mol. The average Bonchev–Trinajstić information content (AvgIpc) is 2.48. The van der Waals surface area contributed by atoms with Gasteiger partial charge >= 0.3 is 5.97 Å². The van der Waals surface area contributed by atoms with Gasteiger partial charge in [0.05, 0.1) is 29.6 Å². The molecule has 0 aliphatic rings. The van der Waals surface area contributed by atoms with Crippen molar-refractivity contribution in [3.05, 3.63) is 59.7 Å². The third-order valence-electron chi connectivity index (χ3n) is 3.04. The highest BCUT2D eigenvalue weighted by Gasteiger charge is 2.11. The van der Waals surface area contributed by atoms with Crippen molar-refractivity contribution < 1.29 is 23.1 Å². The number of carboxylic acid groups (broad SMARTS) is 1. The summed E-state index contributed by atoms with van der Waals surface area (Å²) in [6.07, 6.45) is 0.983. The van der Waals surface area contributed by atoms with Gasteiger partial charge in [-0.05, 0) is 29.8 Å². The van der Waals surface area contributed by atoms with Crippen LogP contribution in [-0.2, 0) is 21.2 Å². The van der Waals surface area contributed by atoms with E-state index in [0.29, 0.717) is 11.3 Å². The number of amides is 1. The van der Waals surface area contributed by atoms with Gasteiger partial charge in [-0.15, -0.1) is 0 Å². The van der Waals surface area contributed by atoms with Crippen LogP contribution in [0.25, 0.3) is 0 Å². The van der Waals surface area contributed by atoms with Gasteiger partial charge in [0.2, 0.25) is 15.9 Å². The summed E-state index contributed by atoms with van der Waals surface area (Å²) in [6.45, 7) is 0. The molecule has 0 fully saturated rings. The Morgan fingerprint density at radius 1 is 1.04 bits per heavy atom. The quantitative estimate of drug-likeness (QED) is 0.738. The summed E-state index contributed by atoms with van der Waals surface area (Å²) < 4.78 is 25.0. The number of hydrogen-bond donors (Lipinski definition) is 3. The van der Waals surface area contributed by atoms with E-state index in [2.05, 4.69) is 10.0 Å². The van der Waals surface area contributed by atoms with E-state index < -0.39 is 16.0 Å². The second-order valence-corrected chi connectivity index (χ2v) is 6.90. The Hall–Kier alpha value is -2.87. The van der Waals surface area contributed by atoms with Crippen LogP contribution in [0.4, 0.5) is 11.4 Å². The number of sulfonamides is 1. The maximum absolute atomic E-state index is 12.1. The molecule has 0 spiro atoms. The summed E-state index contributed by atoms with van der Waals surface area (Å²) >= 11 is 0. The van der Waals surface area contributed by atoms with Crippen molar-refractivity contribution in [3.8, 4) is 0 Å². The standard InChI is InChI=1S/C16H16N2O5S/c1-24(22,23)18-14-8-3-2-7-13(14)17-15(19)10-11-5-4-6-12(9-11)16(20)21/h2-9,18H,10H2,1H3,(H,17,19)(H,20,21). The van der Waals surface area contributed by atoms with Crippen molar-refractivity contribution in [2.24, 2.45) is 0 Å². The minimum atomic E-state index is -3.48. The van der Waals surface area contributed by atoms with E-state index in [9.17, 15) is 18.0 Å². The Morgan fingerprint density at radius 2 is 1.71 bits per heavy atom. The lowest BCUT2D eigenvalue weighted by Crippen LogP contribution is -2.17. The van der Waals surface area contributed by atoms with E-state index in [4.69, 9.17) is 5.11 Å². The van der Waals surface area contributed by atoms with Gasteiger partial charge in [-0.25, -0.2) is 13.2 Å². The summed E-state index contributed by atoms with van der Waals surface area (Å²) in [5, 5.41) is 11.6. The predicted octanol–water partition coefficient (Wildman–Crippen LogP) is 1.94. The minimum Gasteiger partial charge on any atom is -0.478 e. The van der Waals surface area contributed by atoms with Crippen molar-refractivity contribution in [1.82, 2.24) is 0 Å². The first-order valence-corrected chi connectivity index (χ1v) is 8.82. The molecule has 0 radical (unpaired) electrons. The lowest BCUT2D eigenvalue weighted by Gasteiger charge is -2.12. The first-order valence-electron chi connectivity index (χ1n) is 6.93. The molecule has 0 aliphatic heterocycles. The van der Waals surface area contributed by atoms with Crippen LogP contribution < -0.4 is 10.0 Å². The number of anilines is 2. The maximum Gasteiger partial charge on any atom is 0.335 e. The number of carbonyl (C=O) groups is 2. The minimum absolute atomic E-state index is 0.0334. The lowest BCUT2D eigenvalue weighted by molar-refractivity contribution is -0.115. The fourth-order valence-corrected chi connectivity index (χ4v) is 2.65. The highest BCUT2D eigenvalue weighted by atomic mass is 32.2. The summed E-state index contributed by atoms with van der Waals surface area (Å²) in [4.78, 5) is 23.1. The van der Waals surface area contributed by atoms with Crippen LogP contribution in [0.1, 0.15) is 15.9 Å². The van der Waals surface area contributed by atoms with Crippen molar-refractivity contribution in [1.29, 1.82) is 0 Å². The molecule has 2 rings (SSSR count). The Morgan fingerprint density at radius 3 is 2.33 bits per heavy atom. The van der Waals surface area contributed by atoms with E-state index in [-0.39, 0.29) is 23.6 Å². The second-order valence-electron chi connectivity index (χ2n) is 5.15. The van der Waals surface area contributed by atoms with Crippen LogP contribution in [0.3, 0.4) is 0 Å². The van der Waals surface area contributed by atoms with Crippen LogP contribution in [-0.4, -0.2) is 31.7 Å². The number of hydrogen-bond acceptors (Lipinski definition) is 4. The van der Waals surface area contributed by atoms with E-state index in [1.807, 2.05) is 0 Å². The summed E-state index contributed by atoms with van der Waals surface area (Å²) in [6, 6.07) is 12.5. The number of carbonyl (C=O) groups excluding carboxylic acids is 1. The SMILES string of the molecule is CS(=O)(=O)Nc1ccccc1NC(=O)Cc1cccc(C(=O)O)c1. The smallest absolute Gasteiger partial charge is 0.335 e. The molecule has 1 amide bonds. The maximum atomic E-state index is 12.1. The number of rotatable bonds is 6. The molecule has 8 heteroatoms. The third-order valence-corrected chi connectivity index (χ3v) is 3.63. The van der Waals surface area contributed by atoms with Crippen LogP contribution in [0.2, 0.25) is 0 Å². The summed E-state index contributed by atoms with van der Waals surface area (Å²) in [5.41, 5.74) is 1.22. The molecule has 0 saturated carbocycles. The highest BCUT2D eigenvalue weighted by molar-refractivity contribution is 7.92. The Labute approximate surface area is 139 Å². The molecule has 24 heavy (non-hydrogen) atoms. The predicted molar refractivity (Wildman–Crippen MR) is 90.6 cm³/mol. The van der Waals surface area contributed by atoms with E-state index in [1.165, 1.54) is 18.2 Å². The topological polar surface area (TPSA) is 113 Å². The zero-order valence-corrected chi connectivity index (χ0v) is 13.6. The van der Waals surface area contributed by atoms with Crippen molar-refractivity contribution in [3.63, 3.8) is 0 Å². The second kappa shape index (κ2) is 7.14. The molecule has 0 atom stereocenters. The fraction of sp³-hybridized carbons (Fsp3) is 0.125. The molecule has 2 aromatic rings. The van der Waals surface area contributed by atoms with E-state index >= 15 is 0 Å². The molecule has 2 aromatic carbocycles. The van der Waals surface area contributed by atoms with Gasteiger partial charge in [-0.1, -0.05) is 24.3 Å². The van der Waals surface area contributed by atoms with Crippen molar-refractivity contribution >= 4 is 33.3 Å². The van der Waals surface area contributed by atoms with E-state index in [1.54, 1.807) is 30.3 Å². The van der Waals surface area contributed by atoms with Crippen LogP contribution in [0.5, 0.6) is 0 Å². The molecule has 0 heterocycles. The number of benzene rings is 2. The highest BCUT2D eigenvalue weighted by Crippen LogP contribution is 2.22. The molecule has 3 N–H and O–H groups in total. The summed E-state index contributed by atoms with van der Waals surface area (Å²) in [5.74, 6) is -1.46. The number of carboxylic acids is 1. The first-order chi connectivity index (χ1) is 11.2. The Bertz CT molecular complexity index is 878. The molecule has 7 nitrogen and oxygen atoms in total. The molecule has 126 valence electrons. The third kappa shape index (κ3) is 5.10. The fourth-order valence-electron chi connectivity index (χ4n) is 2.07. The van der Waals surface area contributed by atoms with Gasteiger partial charge in [0.1, 0.15) is 0 Å². The molecule has 0 aromatic heterocycles. The molecular weight excluding hydrogens is 332 g/mol. The van der Waals surface area contributed by atoms with Gasteiger partial charge in [-0.3, -0.25) is 9.52 Å². The zero-order chi connectivity index (χ0) is 17.7. The zero-order valence-electron chi connectivity index (χ0n) is 12.8. The van der Waals surface area contributed by atoms with Crippen LogP contribution in [0.15, 0.2) is 48.5 Å². The molecule has 0 aliphatic carbocycles. The van der Waals surface area contributed by atoms with Gasteiger partial charge in [0.25, 0.3) is 0 Å². The van der Waals surface area contributed by atoms with Gasteiger partial charge < -0.3 is 10.4 Å². The monoisotopic (exact) mass is 348 g/mol. The van der Waals surface area contributed by atoms with Crippen molar-refractivity contribution in [2.75, 3.05) is 16.3 Å². The Balaban J connectivity index is 2.13. The van der Waals surface area contributed by atoms with Crippen LogP contribution in [0, 0.1) is 0 Å². The molecule has 0 bridgehead atoms. The number of para-hydroxylation sites is 2. The molecule has 0 unspecified atom stereocenters. The van der Waals surface area contributed by atoms with E-state index in [0.717, 1.165) is 6.26 Å². The largest absolute Gasteiger partial charge is 0.478 e. The summed E-state index contributed by atoms with van der Waals surface area (Å²) in [7, 11) is -3.48.